The van der Waals surface area contributed by atoms with E-state index in [2.05, 4.69) is 9.24 Å². The van der Waals surface area contributed by atoms with Crippen molar-refractivity contribution in [3.05, 3.63) is 59.0 Å². The minimum Gasteiger partial charge on any atom is -0.497 e. The summed E-state index contributed by atoms with van der Waals surface area (Å²) in [5.74, 6) is -2.43. The normalized spacial score (nSPS) is 14.6. The first-order chi connectivity index (χ1) is 13.5. The van der Waals surface area contributed by atoms with Crippen molar-refractivity contribution in [2.75, 3.05) is 18.6 Å². The van der Waals surface area contributed by atoms with Crippen molar-refractivity contribution in [1.29, 1.82) is 0 Å². The van der Waals surface area contributed by atoms with Crippen LogP contribution in [0.5, 0.6) is 5.75 Å². The lowest BCUT2D eigenvalue weighted by molar-refractivity contribution is -0.153. The van der Waals surface area contributed by atoms with Crippen LogP contribution in [0, 0.1) is 0 Å². The molecular formula is C21H24F2NO4P. The zero-order valence-corrected chi connectivity index (χ0v) is 17.9. The number of nitrogens with zero attached hydrogens (tertiary/aromatic N) is 1. The molecule has 5 nitrogen and oxygen atoms in total. The second kappa shape index (κ2) is 9.31. The van der Waals surface area contributed by atoms with Gasteiger partial charge in [0.15, 0.2) is 0 Å². The molecule has 0 aromatic heterocycles. The highest BCUT2D eigenvalue weighted by Crippen LogP contribution is 2.33. The second-order valence-corrected chi connectivity index (χ2v) is 7.97. The fourth-order valence-electron chi connectivity index (χ4n) is 2.66. The summed E-state index contributed by atoms with van der Waals surface area (Å²) < 4.78 is 38.8. The van der Waals surface area contributed by atoms with Crippen LogP contribution < -0.4 is 9.64 Å². The predicted octanol–water partition coefficient (Wildman–Crippen LogP) is 4.61. The number of carbonyl (C=O) groups excluding carboxylic acids is 2. The molecule has 1 aliphatic rings. The largest absolute Gasteiger partial charge is 0.497 e. The van der Waals surface area contributed by atoms with Crippen LogP contribution in [0.1, 0.15) is 27.2 Å². The SMILES string of the molecule is COc1cccc(N(CC(=O)OC(C)(C)C)C(=O)C2=C(F)CC=C(F)C=C2P)c1. The topological polar surface area (TPSA) is 55.8 Å². The maximum absolute atomic E-state index is 14.6. The van der Waals surface area contributed by atoms with Gasteiger partial charge in [0.05, 0.1) is 12.7 Å². The van der Waals surface area contributed by atoms with Gasteiger partial charge in [0.2, 0.25) is 0 Å². The van der Waals surface area contributed by atoms with Crippen LogP contribution in [-0.2, 0) is 14.3 Å². The quantitative estimate of drug-likeness (QED) is 0.513. The molecule has 0 bridgehead atoms. The summed E-state index contributed by atoms with van der Waals surface area (Å²) >= 11 is 0. The van der Waals surface area contributed by atoms with E-state index in [1.165, 1.54) is 7.11 Å². The van der Waals surface area contributed by atoms with E-state index in [1.54, 1.807) is 45.0 Å². The van der Waals surface area contributed by atoms with E-state index >= 15 is 0 Å². The highest BCUT2D eigenvalue weighted by Gasteiger charge is 2.29. The number of anilines is 1. The first-order valence-corrected chi connectivity index (χ1v) is 9.49. The average molecular weight is 423 g/mol. The molecule has 1 aromatic carbocycles. The summed E-state index contributed by atoms with van der Waals surface area (Å²) in [5, 5.41) is 0.0517. The highest BCUT2D eigenvalue weighted by atomic mass is 31.0. The van der Waals surface area contributed by atoms with E-state index in [9.17, 15) is 18.4 Å². The minimum atomic E-state index is -0.791. The van der Waals surface area contributed by atoms with Crippen LogP contribution in [0.3, 0.4) is 0 Å². The smallest absolute Gasteiger partial charge is 0.326 e. The van der Waals surface area contributed by atoms with Gasteiger partial charge in [-0.05, 0) is 50.4 Å². The monoisotopic (exact) mass is 423 g/mol. The number of benzene rings is 1. The van der Waals surface area contributed by atoms with Crippen molar-refractivity contribution in [2.24, 2.45) is 0 Å². The van der Waals surface area contributed by atoms with Gasteiger partial charge < -0.3 is 9.47 Å². The summed E-state index contributed by atoms with van der Waals surface area (Å²) in [6.45, 7) is 4.66. The van der Waals surface area contributed by atoms with Crippen molar-refractivity contribution in [3.63, 3.8) is 0 Å². The number of allylic oxidation sites excluding steroid dienone is 4. The predicted molar refractivity (Wildman–Crippen MR) is 111 cm³/mol. The van der Waals surface area contributed by atoms with Crippen molar-refractivity contribution in [2.45, 2.75) is 32.8 Å². The Bertz CT molecular complexity index is 900. The van der Waals surface area contributed by atoms with Crippen LogP contribution in [0.15, 0.2) is 59.0 Å². The molecule has 1 aliphatic carbocycles. The number of hydrogen-bond acceptors (Lipinski definition) is 4. The molecule has 0 radical (unpaired) electrons. The molecular weight excluding hydrogens is 399 g/mol. The third kappa shape index (κ3) is 6.23. The molecule has 2 rings (SSSR count). The average Bonchev–Trinajstić information content (AvgIpc) is 2.75. The Labute approximate surface area is 171 Å². The summed E-state index contributed by atoms with van der Waals surface area (Å²) in [4.78, 5) is 26.8. The molecule has 1 atom stereocenters. The molecule has 29 heavy (non-hydrogen) atoms. The van der Waals surface area contributed by atoms with Gasteiger partial charge >= 0.3 is 5.97 Å². The molecule has 0 saturated heterocycles. The van der Waals surface area contributed by atoms with Crippen LogP contribution in [0.4, 0.5) is 14.5 Å². The summed E-state index contributed by atoms with van der Waals surface area (Å²) in [6, 6.07) is 6.44. The van der Waals surface area contributed by atoms with Crippen LogP contribution >= 0.6 is 9.24 Å². The molecule has 0 aliphatic heterocycles. The summed E-state index contributed by atoms with van der Waals surface area (Å²) in [7, 11) is 3.63. The first kappa shape index (κ1) is 22.8. The molecule has 0 fully saturated rings. The first-order valence-electron chi connectivity index (χ1n) is 8.91. The maximum Gasteiger partial charge on any atom is 0.326 e. The standard InChI is InChI=1S/C21H24F2NO4P/c1-21(2,3)28-18(25)12-24(14-6-5-7-15(11-14)27-4)20(26)19-16(23)9-8-13(22)10-17(19)29/h5-8,10-11H,9,12,29H2,1-4H3. The zero-order chi connectivity index (χ0) is 21.8. The fourth-order valence-corrected chi connectivity index (χ4v) is 3.10. The lowest BCUT2D eigenvalue weighted by Crippen LogP contribution is -2.40. The lowest BCUT2D eigenvalue weighted by Gasteiger charge is -2.26. The van der Waals surface area contributed by atoms with Crippen LogP contribution in [0.25, 0.3) is 0 Å². The van der Waals surface area contributed by atoms with Gasteiger partial charge in [0.25, 0.3) is 5.91 Å². The molecule has 1 aromatic rings. The Morgan fingerprint density at radius 2 is 1.93 bits per heavy atom. The van der Waals surface area contributed by atoms with Gasteiger partial charge in [-0.1, -0.05) is 6.07 Å². The van der Waals surface area contributed by atoms with Gasteiger partial charge in [-0.2, -0.15) is 0 Å². The summed E-state index contributed by atoms with van der Waals surface area (Å²) in [5.41, 5.74) is -0.757. The zero-order valence-electron chi connectivity index (χ0n) is 16.8. The fraction of sp³-hybridized carbons (Fsp3) is 0.333. The summed E-state index contributed by atoms with van der Waals surface area (Å²) in [6.07, 6.45) is 1.74. The van der Waals surface area contributed by atoms with Gasteiger partial charge in [-0.3, -0.25) is 14.5 Å². The van der Waals surface area contributed by atoms with Gasteiger partial charge in [0.1, 0.15) is 29.5 Å². The minimum absolute atomic E-state index is 0.0517. The molecule has 156 valence electrons. The highest BCUT2D eigenvalue weighted by molar-refractivity contribution is 7.23. The number of esters is 1. The van der Waals surface area contributed by atoms with Crippen molar-refractivity contribution >= 4 is 26.8 Å². The number of methoxy groups -OCH3 is 1. The van der Waals surface area contributed by atoms with Crippen molar-refractivity contribution in [3.8, 4) is 5.75 Å². The van der Waals surface area contributed by atoms with E-state index in [0.717, 1.165) is 17.1 Å². The number of ether oxygens (including phenoxy) is 2. The van der Waals surface area contributed by atoms with Crippen molar-refractivity contribution in [1.82, 2.24) is 0 Å². The van der Waals surface area contributed by atoms with E-state index < -0.39 is 35.7 Å². The lowest BCUT2D eigenvalue weighted by atomic mass is 10.1. The van der Waals surface area contributed by atoms with Gasteiger partial charge in [-0.25, -0.2) is 8.78 Å². The Morgan fingerprint density at radius 1 is 1.24 bits per heavy atom. The van der Waals surface area contributed by atoms with Gasteiger partial charge in [-0.15, -0.1) is 9.24 Å². The number of rotatable bonds is 5. The van der Waals surface area contributed by atoms with Crippen LogP contribution in [-0.4, -0.2) is 31.1 Å². The van der Waals surface area contributed by atoms with E-state index in [1.807, 2.05) is 0 Å². The molecule has 0 spiro atoms. The van der Waals surface area contributed by atoms with E-state index in [0.29, 0.717) is 11.4 Å². The Kier molecular flexibility index (Phi) is 7.31. The number of amides is 1. The van der Waals surface area contributed by atoms with Gasteiger partial charge in [0, 0.05) is 18.2 Å². The van der Waals surface area contributed by atoms with E-state index in [-0.39, 0.29) is 17.3 Å². The molecule has 0 heterocycles. The second-order valence-electron chi connectivity index (χ2n) is 7.35. The maximum atomic E-state index is 14.6. The Morgan fingerprint density at radius 3 is 2.55 bits per heavy atom. The van der Waals surface area contributed by atoms with Crippen LogP contribution in [0.2, 0.25) is 0 Å². The molecule has 0 N–H and O–H groups in total. The third-order valence-corrected chi connectivity index (χ3v) is 4.32. The van der Waals surface area contributed by atoms with E-state index in [4.69, 9.17) is 9.47 Å². The third-order valence-electron chi connectivity index (χ3n) is 3.86. The van der Waals surface area contributed by atoms with Crippen molar-refractivity contribution < 1.29 is 27.8 Å². The molecule has 8 heteroatoms. The molecule has 1 unspecified atom stereocenters. The number of halogens is 2. The Balaban J connectivity index is 2.47. The Hall–Kier alpha value is -2.53. The number of hydrogen-bond donors (Lipinski definition) is 0. The number of carbonyl (C=O) groups is 2. The molecule has 1 amide bonds. The molecule has 0 saturated carbocycles.